The number of benzene rings is 2. The molecule has 1 unspecified atom stereocenters. The predicted octanol–water partition coefficient (Wildman–Crippen LogP) is 2.94. The Morgan fingerprint density at radius 2 is 1.77 bits per heavy atom. The number of carboxylic acid groups (broad SMARTS) is 1. The first-order valence-corrected chi connectivity index (χ1v) is 9.88. The number of carbonyl (C=O) groups is 3. The van der Waals surface area contributed by atoms with Crippen LogP contribution in [-0.2, 0) is 27.4 Å². The fourth-order valence-corrected chi connectivity index (χ4v) is 3.17. The van der Waals surface area contributed by atoms with Gasteiger partial charge in [0.1, 0.15) is 18.7 Å². The van der Waals surface area contributed by atoms with Crippen LogP contribution in [0.25, 0.3) is 10.9 Å². The molecule has 2 atom stereocenters. The van der Waals surface area contributed by atoms with E-state index in [-0.39, 0.29) is 13.0 Å². The van der Waals surface area contributed by atoms with Crippen molar-refractivity contribution in [3.8, 4) is 0 Å². The number of aromatic nitrogens is 1. The second-order valence-corrected chi connectivity index (χ2v) is 7.29. The van der Waals surface area contributed by atoms with Crippen molar-refractivity contribution < 1.29 is 24.2 Å². The van der Waals surface area contributed by atoms with Gasteiger partial charge in [-0.05, 0) is 24.1 Å². The molecule has 0 aliphatic rings. The minimum atomic E-state index is -1.15. The predicted molar refractivity (Wildman–Crippen MR) is 115 cm³/mol. The molecule has 162 valence electrons. The summed E-state index contributed by atoms with van der Waals surface area (Å²) in [6.45, 7) is 1.60. The second kappa shape index (κ2) is 9.80. The lowest BCUT2D eigenvalue weighted by Crippen LogP contribution is -2.51. The van der Waals surface area contributed by atoms with Crippen LogP contribution in [0.5, 0.6) is 0 Å². The van der Waals surface area contributed by atoms with Crippen molar-refractivity contribution in [2.24, 2.45) is 0 Å². The summed E-state index contributed by atoms with van der Waals surface area (Å²) in [6.07, 6.45) is 1.18. The molecule has 31 heavy (non-hydrogen) atoms. The van der Waals surface area contributed by atoms with E-state index in [1.807, 2.05) is 54.6 Å². The van der Waals surface area contributed by atoms with Crippen LogP contribution in [0, 0.1) is 0 Å². The van der Waals surface area contributed by atoms with E-state index in [2.05, 4.69) is 10.3 Å². The summed E-state index contributed by atoms with van der Waals surface area (Å²) in [5.41, 5.74) is 2.50. The molecule has 0 aliphatic heterocycles. The molecule has 2 amide bonds. The van der Waals surface area contributed by atoms with Gasteiger partial charge in [0.15, 0.2) is 0 Å². The third-order valence-electron chi connectivity index (χ3n) is 5.17. The average molecular weight is 423 g/mol. The number of H-pyrrole nitrogens is 1. The van der Waals surface area contributed by atoms with E-state index in [4.69, 9.17) is 4.74 Å². The van der Waals surface area contributed by atoms with E-state index in [1.54, 1.807) is 6.20 Å². The van der Waals surface area contributed by atoms with E-state index in [0.717, 1.165) is 26.9 Å². The van der Waals surface area contributed by atoms with Gasteiger partial charge in [0.25, 0.3) is 0 Å². The summed E-state index contributed by atoms with van der Waals surface area (Å²) in [5.74, 6) is -1.73. The average Bonchev–Trinajstić information content (AvgIpc) is 3.19. The number of rotatable bonds is 8. The minimum Gasteiger partial charge on any atom is -0.480 e. The molecular formula is C23H25N3O5. The minimum absolute atomic E-state index is 0.0800. The van der Waals surface area contributed by atoms with Crippen LogP contribution in [0.15, 0.2) is 60.8 Å². The van der Waals surface area contributed by atoms with Crippen molar-refractivity contribution in [2.75, 3.05) is 7.05 Å². The second-order valence-electron chi connectivity index (χ2n) is 7.29. The lowest BCUT2D eigenvalue weighted by molar-refractivity contribution is -0.142. The molecule has 8 heteroatoms. The standard InChI is InChI=1S/C23H25N3O5/c1-15(26(2)23(30)31-14-16-8-4-3-5-9-16)21(27)25-20(22(28)29)12-17-13-24-19-11-7-6-10-18(17)19/h3-11,13,15,20,24H,12,14H2,1-2H3,(H,25,27)(H,28,29)/t15-,20?/m0/s1. The van der Waals surface area contributed by atoms with E-state index >= 15 is 0 Å². The number of fused-ring (bicyclic) bond motifs is 1. The van der Waals surface area contributed by atoms with Crippen molar-refractivity contribution in [3.63, 3.8) is 0 Å². The summed E-state index contributed by atoms with van der Waals surface area (Å²) in [5, 5.41) is 13.0. The number of nitrogens with one attached hydrogen (secondary N) is 2. The van der Waals surface area contributed by atoms with E-state index in [1.165, 1.54) is 14.0 Å². The van der Waals surface area contributed by atoms with Gasteiger partial charge in [-0.2, -0.15) is 0 Å². The van der Waals surface area contributed by atoms with Crippen molar-refractivity contribution >= 4 is 28.9 Å². The quantitative estimate of drug-likeness (QED) is 0.516. The lowest BCUT2D eigenvalue weighted by atomic mass is 10.0. The highest BCUT2D eigenvalue weighted by Crippen LogP contribution is 2.19. The highest BCUT2D eigenvalue weighted by atomic mass is 16.6. The Hall–Kier alpha value is -3.81. The van der Waals surface area contributed by atoms with Crippen LogP contribution in [-0.4, -0.2) is 52.1 Å². The highest BCUT2D eigenvalue weighted by molar-refractivity contribution is 5.90. The van der Waals surface area contributed by atoms with Gasteiger partial charge in [-0.3, -0.25) is 9.69 Å². The first kappa shape index (κ1) is 21.9. The molecule has 0 radical (unpaired) electrons. The number of nitrogens with zero attached hydrogens (tertiary/aromatic N) is 1. The maximum atomic E-state index is 12.6. The number of likely N-dealkylation sites (N-methyl/N-ethyl adjacent to an activating group) is 1. The van der Waals surface area contributed by atoms with Crippen LogP contribution in [0.2, 0.25) is 0 Å². The highest BCUT2D eigenvalue weighted by Gasteiger charge is 2.28. The summed E-state index contributed by atoms with van der Waals surface area (Å²) in [4.78, 5) is 40.9. The van der Waals surface area contributed by atoms with Crippen LogP contribution >= 0.6 is 0 Å². The Morgan fingerprint density at radius 3 is 2.48 bits per heavy atom. The zero-order valence-corrected chi connectivity index (χ0v) is 17.4. The van der Waals surface area contributed by atoms with Gasteiger partial charge in [-0.1, -0.05) is 48.5 Å². The number of amides is 2. The third-order valence-corrected chi connectivity index (χ3v) is 5.17. The monoisotopic (exact) mass is 423 g/mol. The van der Waals surface area contributed by atoms with E-state index in [0.29, 0.717) is 0 Å². The molecule has 0 saturated heterocycles. The lowest BCUT2D eigenvalue weighted by Gasteiger charge is -2.25. The van der Waals surface area contributed by atoms with Gasteiger partial charge in [0.05, 0.1) is 0 Å². The molecule has 8 nitrogen and oxygen atoms in total. The fraction of sp³-hybridized carbons (Fsp3) is 0.261. The number of hydrogen-bond acceptors (Lipinski definition) is 4. The van der Waals surface area contributed by atoms with Gasteiger partial charge in [0, 0.05) is 30.6 Å². The molecule has 3 aromatic rings. The SMILES string of the molecule is C[C@@H](C(=O)NC(Cc1c[nH]c2ccccc12)C(=O)O)N(C)C(=O)OCc1ccccc1. The Kier molecular flexibility index (Phi) is 6.92. The molecule has 1 heterocycles. The van der Waals surface area contributed by atoms with Crippen molar-refractivity contribution in [1.82, 2.24) is 15.2 Å². The molecule has 2 aromatic carbocycles. The van der Waals surface area contributed by atoms with Gasteiger partial charge >= 0.3 is 12.1 Å². The Morgan fingerprint density at radius 1 is 1.10 bits per heavy atom. The number of carbonyl (C=O) groups excluding carboxylic acids is 2. The van der Waals surface area contributed by atoms with Gasteiger partial charge in [-0.25, -0.2) is 9.59 Å². The zero-order valence-electron chi connectivity index (χ0n) is 17.4. The maximum Gasteiger partial charge on any atom is 0.410 e. The largest absolute Gasteiger partial charge is 0.480 e. The smallest absolute Gasteiger partial charge is 0.410 e. The molecule has 1 aromatic heterocycles. The van der Waals surface area contributed by atoms with Crippen LogP contribution in [0.4, 0.5) is 4.79 Å². The van der Waals surface area contributed by atoms with Crippen molar-refractivity contribution in [1.29, 1.82) is 0 Å². The van der Waals surface area contributed by atoms with E-state index < -0.39 is 30.1 Å². The number of aliphatic carboxylic acids is 1. The summed E-state index contributed by atoms with van der Waals surface area (Å²) in [7, 11) is 1.44. The van der Waals surface area contributed by atoms with Gasteiger partial charge in [0.2, 0.25) is 5.91 Å². The maximum absolute atomic E-state index is 12.6. The summed E-state index contributed by atoms with van der Waals surface area (Å²) in [6, 6.07) is 14.7. The van der Waals surface area contributed by atoms with Crippen LogP contribution in [0.3, 0.4) is 0 Å². The first-order valence-electron chi connectivity index (χ1n) is 9.88. The van der Waals surface area contributed by atoms with Crippen molar-refractivity contribution in [2.45, 2.75) is 32.0 Å². The van der Waals surface area contributed by atoms with Gasteiger partial charge < -0.3 is 20.1 Å². The Balaban J connectivity index is 1.60. The van der Waals surface area contributed by atoms with Crippen LogP contribution < -0.4 is 5.32 Å². The number of ether oxygens (including phenoxy) is 1. The first-order chi connectivity index (χ1) is 14.9. The van der Waals surface area contributed by atoms with E-state index in [9.17, 15) is 19.5 Å². The molecule has 0 saturated carbocycles. The fourth-order valence-electron chi connectivity index (χ4n) is 3.17. The van der Waals surface area contributed by atoms with Crippen LogP contribution in [0.1, 0.15) is 18.1 Å². The van der Waals surface area contributed by atoms with Gasteiger partial charge in [-0.15, -0.1) is 0 Å². The topological polar surface area (TPSA) is 112 Å². The summed E-state index contributed by atoms with van der Waals surface area (Å²) < 4.78 is 5.23. The molecule has 0 bridgehead atoms. The van der Waals surface area contributed by atoms with Crippen molar-refractivity contribution in [3.05, 3.63) is 71.9 Å². The number of hydrogen-bond donors (Lipinski definition) is 3. The normalized spacial score (nSPS) is 12.7. The molecule has 3 N–H and O–H groups in total. The summed E-state index contributed by atoms with van der Waals surface area (Å²) >= 11 is 0. The molecule has 0 spiro atoms. The third kappa shape index (κ3) is 5.42. The molecule has 3 rings (SSSR count). The number of aromatic amines is 1. The Labute approximate surface area is 179 Å². The molecule has 0 fully saturated rings. The Bertz CT molecular complexity index is 1060. The molecular weight excluding hydrogens is 398 g/mol. The number of para-hydroxylation sites is 1. The zero-order chi connectivity index (χ0) is 22.4. The number of carboxylic acids is 1. The molecule has 0 aliphatic carbocycles.